The Kier molecular flexibility index (Phi) is 8.01. The molecule has 1 aromatic carbocycles. The van der Waals surface area contributed by atoms with Gasteiger partial charge in [0, 0.05) is 0 Å². The molecule has 0 aliphatic rings. The average molecular weight is 306 g/mol. The van der Waals surface area contributed by atoms with Crippen molar-refractivity contribution in [1.82, 2.24) is 0 Å². The third-order valence-electron chi connectivity index (χ3n) is 3.38. The van der Waals surface area contributed by atoms with Gasteiger partial charge < -0.3 is 9.84 Å². The molecule has 116 valence electrons. The molecule has 0 atom stereocenters. The van der Waals surface area contributed by atoms with E-state index in [1.165, 1.54) is 11.6 Å². The molecular weight excluding hydrogens is 280 g/mol. The van der Waals surface area contributed by atoms with Gasteiger partial charge in [0.1, 0.15) is 6.61 Å². The van der Waals surface area contributed by atoms with Crippen molar-refractivity contribution in [2.24, 2.45) is 0 Å². The maximum atomic E-state index is 10.7. The minimum Gasteiger partial charge on any atom is -0.464 e. The summed E-state index contributed by atoms with van der Waals surface area (Å²) in [7, 11) is -1.30. The molecule has 0 aliphatic heterocycles. The summed E-state index contributed by atoms with van der Waals surface area (Å²) in [4.78, 5) is 10.7. The van der Waals surface area contributed by atoms with Gasteiger partial charge in [-0.15, -0.1) is 0 Å². The number of carbonyl (C=O) groups excluding carboxylic acids is 1. The first-order chi connectivity index (χ1) is 10.0. The summed E-state index contributed by atoms with van der Waals surface area (Å²) in [6.45, 7) is 4.64. The lowest BCUT2D eigenvalue weighted by atomic mass is 10.2. The van der Waals surface area contributed by atoms with Crippen molar-refractivity contribution in [3.63, 3.8) is 0 Å². The van der Waals surface area contributed by atoms with Crippen LogP contribution in [0.4, 0.5) is 0 Å². The normalized spacial score (nSPS) is 11.8. The molecule has 1 rings (SSSR count). The molecule has 0 heterocycles. The van der Waals surface area contributed by atoms with Crippen LogP contribution in [0.2, 0.25) is 19.1 Å². The van der Waals surface area contributed by atoms with Gasteiger partial charge in [0.2, 0.25) is 0 Å². The van der Waals surface area contributed by atoms with Gasteiger partial charge >= 0.3 is 5.97 Å². The number of hydrogen-bond donors (Lipinski definition) is 1. The molecule has 0 bridgehead atoms. The van der Waals surface area contributed by atoms with Crippen molar-refractivity contribution < 1.29 is 14.6 Å². The molecule has 0 aromatic heterocycles. The van der Waals surface area contributed by atoms with Crippen LogP contribution in [0.25, 0.3) is 6.08 Å². The number of rotatable bonds is 9. The van der Waals surface area contributed by atoms with Crippen molar-refractivity contribution in [2.45, 2.75) is 38.4 Å². The molecule has 0 radical (unpaired) electrons. The number of hydrogen-bond acceptors (Lipinski definition) is 3. The van der Waals surface area contributed by atoms with Crippen LogP contribution < -0.4 is 0 Å². The number of carbonyl (C=O) groups is 1. The monoisotopic (exact) mass is 306 g/mol. The van der Waals surface area contributed by atoms with Gasteiger partial charge in [-0.3, -0.25) is 0 Å². The predicted molar refractivity (Wildman–Crippen MR) is 89.7 cm³/mol. The number of esters is 1. The Morgan fingerprint density at radius 3 is 2.57 bits per heavy atom. The summed E-state index contributed by atoms with van der Waals surface area (Å²) in [5, 5.41) is 8.52. The second-order valence-corrected chi connectivity index (χ2v) is 10.7. The number of benzene rings is 1. The summed E-state index contributed by atoms with van der Waals surface area (Å²) in [6.07, 6.45) is 5.33. The number of ether oxygens (including phenoxy) is 1. The number of aliphatic hydroxyl groups excluding tert-OH is 1. The van der Waals surface area contributed by atoms with Crippen LogP contribution in [-0.2, 0) is 9.53 Å². The van der Waals surface area contributed by atoms with Crippen molar-refractivity contribution >= 4 is 20.1 Å². The molecule has 4 heteroatoms. The van der Waals surface area contributed by atoms with E-state index in [0.717, 1.165) is 19.3 Å². The zero-order valence-corrected chi connectivity index (χ0v) is 14.0. The van der Waals surface area contributed by atoms with E-state index in [1.807, 2.05) is 6.07 Å². The molecule has 21 heavy (non-hydrogen) atoms. The van der Waals surface area contributed by atoms with Crippen LogP contribution in [0.3, 0.4) is 0 Å². The SMILES string of the molecule is C[Si](C)(C=Cc1ccccc1)CCCCCOC(=O)CO. The fourth-order valence-electron chi connectivity index (χ4n) is 2.06. The number of aliphatic hydroxyl groups is 1. The fraction of sp³-hybridized carbons (Fsp3) is 0.471. The molecule has 0 aliphatic carbocycles. The van der Waals surface area contributed by atoms with Crippen molar-refractivity contribution in [1.29, 1.82) is 0 Å². The van der Waals surface area contributed by atoms with Gasteiger partial charge in [-0.25, -0.2) is 4.79 Å². The van der Waals surface area contributed by atoms with Crippen LogP contribution in [0, 0.1) is 0 Å². The van der Waals surface area contributed by atoms with E-state index in [9.17, 15) is 4.79 Å². The highest BCUT2D eigenvalue weighted by Gasteiger charge is 2.15. The molecule has 1 aromatic rings. The first-order valence-electron chi connectivity index (χ1n) is 7.54. The summed E-state index contributed by atoms with van der Waals surface area (Å²) in [5.41, 5.74) is 3.66. The Bertz CT molecular complexity index is 441. The lowest BCUT2D eigenvalue weighted by Crippen LogP contribution is -2.21. The van der Waals surface area contributed by atoms with E-state index >= 15 is 0 Å². The van der Waals surface area contributed by atoms with Gasteiger partial charge in [0.05, 0.1) is 14.7 Å². The average Bonchev–Trinajstić information content (AvgIpc) is 2.49. The first kappa shape index (κ1) is 17.7. The third kappa shape index (κ3) is 8.47. The Morgan fingerprint density at radius 2 is 1.90 bits per heavy atom. The Balaban J connectivity index is 2.21. The summed E-state index contributed by atoms with van der Waals surface area (Å²) >= 11 is 0. The minimum absolute atomic E-state index is 0.418. The molecule has 1 N–H and O–H groups in total. The maximum Gasteiger partial charge on any atom is 0.331 e. The molecule has 0 fully saturated rings. The zero-order chi connectivity index (χ0) is 15.6. The highest BCUT2D eigenvalue weighted by Crippen LogP contribution is 2.17. The lowest BCUT2D eigenvalue weighted by molar-refractivity contribution is -0.147. The minimum atomic E-state index is -1.30. The van der Waals surface area contributed by atoms with Gasteiger partial charge in [-0.05, 0) is 12.0 Å². The first-order valence-corrected chi connectivity index (χ1v) is 10.8. The maximum absolute atomic E-state index is 10.7. The van der Waals surface area contributed by atoms with E-state index in [1.54, 1.807) is 0 Å². The Labute approximate surface area is 128 Å². The van der Waals surface area contributed by atoms with E-state index in [0.29, 0.717) is 6.61 Å². The van der Waals surface area contributed by atoms with Gasteiger partial charge in [0.15, 0.2) is 0 Å². The van der Waals surface area contributed by atoms with Crippen molar-refractivity contribution in [3.05, 3.63) is 41.6 Å². The fourth-order valence-corrected chi connectivity index (χ4v) is 4.03. The standard InChI is InChI=1S/C17H26O3Si/c1-21(2,14-11-16-9-5-3-6-10-16)13-8-4-7-12-20-17(19)15-18/h3,5-6,9-11,14,18H,4,7-8,12-13,15H2,1-2H3. The second kappa shape index (κ2) is 9.53. The smallest absolute Gasteiger partial charge is 0.331 e. The van der Waals surface area contributed by atoms with Crippen LogP contribution in [0.1, 0.15) is 24.8 Å². The second-order valence-electron chi connectivity index (χ2n) is 5.92. The Hall–Kier alpha value is -1.39. The third-order valence-corrected chi connectivity index (χ3v) is 6.10. The quantitative estimate of drug-likeness (QED) is 0.430. The van der Waals surface area contributed by atoms with Gasteiger partial charge in [0.25, 0.3) is 0 Å². The molecule has 0 amide bonds. The van der Waals surface area contributed by atoms with E-state index in [2.05, 4.69) is 49.1 Å². The summed E-state index contributed by atoms with van der Waals surface area (Å²) in [6, 6.07) is 11.6. The molecule has 0 saturated carbocycles. The van der Waals surface area contributed by atoms with Crippen LogP contribution in [-0.4, -0.2) is 32.4 Å². The van der Waals surface area contributed by atoms with Crippen LogP contribution >= 0.6 is 0 Å². The Morgan fingerprint density at radius 1 is 1.19 bits per heavy atom. The lowest BCUT2D eigenvalue weighted by Gasteiger charge is -2.17. The molecule has 0 saturated heterocycles. The molecule has 3 nitrogen and oxygen atoms in total. The van der Waals surface area contributed by atoms with Gasteiger partial charge in [-0.1, -0.05) is 74.1 Å². The van der Waals surface area contributed by atoms with Crippen LogP contribution in [0.15, 0.2) is 36.0 Å². The summed E-state index contributed by atoms with van der Waals surface area (Å²) in [5.74, 6) is -0.532. The number of unbranched alkanes of at least 4 members (excludes halogenated alkanes) is 2. The van der Waals surface area contributed by atoms with E-state index in [-0.39, 0.29) is 0 Å². The van der Waals surface area contributed by atoms with E-state index < -0.39 is 20.7 Å². The molecular formula is C17H26O3Si. The highest BCUT2D eigenvalue weighted by atomic mass is 28.3. The van der Waals surface area contributed by atoms with E-state index in [4.69, 9.17) is 9.84 Å². The largest absolute Gasteiger partial charge is 0.464 e. The summed E-state index contributed by atoms with van der Waals surface area (Å²) < 4.78 is 4.84. The predicted octanol–water partition coefficient (Wildman–Crippen LogP) is 3.65. The van der Waals surface area contributed by atoms with Crippen molar-refractivity contribution in [3.8, 4) is 0 Å². The van der Waals surface area contributed by atoms with Crippen LogP contribution in [0.5, 0.6) is 0 Å². The van der Waals surface area contributed by atoms with Gasteiger partial charge in [-0.2, -0.15) is 0 Å². The molecule has 0 unspecified atom stereocenters. The highest BCUT2D eigenvalue weighted by molar-refractivity contribution is 6.82. The molecule has 0 spiro atoms. The zero-order valence-electron chi connectivity index (χ0n) is 13.0. The topological polar surface area (TPSA) is 46.5 Å². The van der Waals surface area contributed by atoms with Crippen molar-refractivity contribution in [2.75, 3.05) is 13.2 Å².